The van der Waals surface area contributed by atoms with Gasteiger partial charge in [0.05, 0.1) is 24.1 Å². The molecule has 3 aromatic rings. The first-order valence-electron chi connectivity index (χ1n) is 11.1. The van der Waals surface area contributed by atoms with Crippen LogP contribution in [0.25, 0.3) is 5.69 Å². The number of piperazine rings is 1. The van der Waals surface area contributed by atoms with E-state index in [0.717, 1.165) is 13.0 Å². The van der Waals surface area contributed by atoms with Gasteiger partial charge in [-0.2, -0.15) is 9.78 Å². The molecule has 0 spiro atoms. The van der Waals surface area contributed by atoms with Crippen molar-refractivity contribution in [3.63, 3.8) is 0 Å². The molecule has 1 aliphatic rings. The minimum absolute atomic E-state index is 0.119. The highest BCUT2D eigenvalue weighted by Crippen LogP contribution is 2.23. The number of para-hydroxylation sites is 1. The topological polar surface area (TPSA) is 61.7 Å². The number of nitrogens with zero attached hydrogens (tertiary/aromatic N) is 5. The monoisotopic (exact) mass is 465 g/mol. The third-order valence-electron chi connectivity index (χ3n) is 5.90. The highest BCUT2D eigenvalue weighted by Gasteiger charge is 2.24. The molecule has 1 aliphatic heterocycles. The molecule has 2 aromatic carbocycles. The smallest absolute Gasteiger partial charge is 0.292 e. The van der Waals surface area contributed by atoms with Gasteiger partial charge < -0.3 is 9.80 Å². The maximum absolute atomic E-state index is 12.8. The fourth-order valence-corrected chi connectivity index (χ4v) is 4.22. The number of hydrogen-bond acceptors (Lipinski definition) is 5. The SMILES string of the molecule is CN(CCc1ccccc1)CC(=O)N1CCN(c2cnn(-c3ccccc3)c(=O)c2Cl)CC1. The van der Waals surface area contributed by atoms with E-state index < -0.39 is 0 Å². The summed E-state index contributed by atoms with van der Waals surface area (Å²) in [5.41, 5.74) is 2.20. The normalized spacial score (nSPS) is 14.0. The van der Waals surface area contributed by atoms with Gasteiger partial charge in [0.15, 0.2) is 0 Å². The molecule has 8 heteroatoms. The lowest BCUT2D eigenvalue weighted by atomic mass is 10.1. The van der Waals surface area contributed by atoms with Gasteiger partial charge >= 0.3 is 0 Å². The quantitative estimate of drug-likeness (QED) is 0.537. The number of halogens is 1. The van der Waals surface area contributed by atoms with Gasteiger partial charge in [-0.3, -0.25) is 14.5 Å². The number of likely N-dealkylation sites (N-methyl/N-ethyl adjacent to an activating group) is 1. The lowest BCUT2D eigenvalue weighted by Crippen LogP contribution is -2.51. The van der Waals surface area contributed by atoms with E-state index >= 15 is 0 Å². The average Bonchev–Trinajstić information content (AvgIpc) is 2.86. The molecule has 1 amide bonds. The van der Waals surface area contributed by atoms with Crippen molar-refractivity contribution < 1.29 is 4.79 Å². The molecule has 4 rings (SSSR count). The van der Waals surface area contributed by atoms with Crippen LogP contribution in [0.1, 0.15) is 5.56 Å². The molecule has 2 heterocycles. The Kier molecular flexibility index (Phi) is 7.42. The molecule has 0 atom stereocenters. The van der Waals surface area contributed by atoms with Crippen LogP contribution in [-0.4, -0.2) is 71.8 Å². The summed E-state index contributed by atoms with van der Waals surface area (Å²) in [6.45, 7) is 3.61. The van der Waals surface area contributed by atoms with Crippen LogP contribution in [-0.2, 0) is 11.2 Å². The number of benzene rings is 2. The van der Waals surface area contributed by atoms with E-state index in [-0.39, 0.29) is 16.5 Å². The summed E-state index contributed by atoms with van der Waals surface area (Å²) in [5, 5.41) is 4.46. The average molecular weight is 466 g/mol. The van der Waals surface area contributed by atoms with Gasteiger partial charge in [0.2, 0.25) is 5.91 Å². The van der Waals surface area contributed by atoms with Crippen LogP contribution < -0.4 is 10.5 Å². The lowest BCUT2D eigenvalue weighted by Gasteiger charge is -2.36. The number of carbonyl (C=O) groups excluding carboxylic acids is 1. The first-order valence-corrected chi connectivity index (χ1v) is 11.5. The molecule has 7 nitrogen and oxygen atoms in total. The Bertz CT molecular complexity index is 1130. The van der Waals surface area contributed by atoms with E-state index in [9.17, 15) is 9.59 Å². The second kappa shape index (κ2) is 10.6. The zero-order valence-corrected chi connectivity index (χ0v) is 19.5. The van der Waals surface area contributed by atoms with Crippen LogP contribution in [0.4, 0.5) is 5.69 Å². The van der Waals surface area contributed by atoms with Gasteiger partial charge in [-0.05, 0) is 31.2 Å². The van der Waals surface area contributed by atoms with Crippen LogP contribution in [0, 0.1) is 0 Å². The number of rotatable bonds is 7. The Labute approximate surface area is 198 Å². The Morgan fingerprint density at radius 1 is 1.00 bits per heavy atom. The fourth-order valence-electron chi connectivity index (χ4n) is 3.97. The number of aromatic nitrogens is 2. The third-order valence-corrected chi connectivity index (χ3v) is 6.26. The van der Waals surface area contributed by atoms with Crippen molar-refractivity contribution >= 4 is 23.2 Å². The summed E-state index contributed by atoms with van der Waals surface area (Å²) >= 11 is 6.43. The molecule has 0 bridgehead atoms. The summed E-state index contributed by atoms with van der Waals surface area (Å²) in [7, 11) is 1.98. The van der Waals surface area contributed by atoms with Gasteiger partial charge in [-0.15, -0.1) is 0 Å². The number of carbonyl (C=O) groups is 1. The minimum atomic E-state index is -0.348. The summed E-state index contributed by atoms with van der Waals surface area (Å²) < 4.78 is 1.30. The first kappa shape index (κ1) is 23.0. The molecule has 172 valence electrons. The molecular weight excluding hydrogens is 438 g/mol. The highest BCUT2D eigenvalue weighted by molar-refractivity contribution is 6.33. The Hall–Kier alpha value is -3.16. The predicted octanol–water partition coefficient (Wildman–Crippen LogP) is 2.71. The van der Waals surface area contributed by atoms with E-state index in [4.69, 9.17) is 11.6 Å². The van der Waals surface area contributed by atoms with Crippen LogP contribution in [0.2, 0.25) is 5.02 Å². The Morgan fingerprint density at radius 3 is 2.30 bits per heavy atom. The number of anilines is 1. The Morgan fingerprint density at radius 2 is 1.64 bits per heavy atom. The van der Waals surface area contributed by atoms with Gasteiger partial charge in [-0.1, -0.05) is 60.1 Å². The maximum Gasteiger partial charge on any atom is 0.292 e. The fraction of sp³-hybridized carbons (Fsp3) is 0.320. The van der Waals surface area contributed by atoms with Crippen molar-refractivity contribution in [2.24, 2.45) is 0 Å². The molecule has 0 saturated carbocycles. The summed E-state index contributed by atoms with van der Waals surface area (Å²) in [5.74, 6) is 0.119. The largest absolute Gasteiger partial charge is 0.365 e. The van der Waals surface area contributed by atoms with Crippen LogP contribution >= 0.6 is 11.6 Å². The summed E-state index contributed by atoms with van der Waals surface area (Å²) in [6.07, 6.45) is 2.55. The van der Waals surface area contributed by atoms with Crippen molar-refractivity contribution in [2.45, 2.75) is 6.42 Å². The molecule has 33 heavy (non-hydrogen) atoms. The van der Waals surface area contributed by atoms with Crippen molar-refractivity contribution in [3.05, 3.63) is 87.8 Å². The molecule has 0 N–H and O–H groups in total. The molecule has 0 aliphatic carbocycles. The molecule has 1 saturated heterocycles. The van der Waals surface area contributed by atoms with Crippen molar-refractivity contribution in [1.82, 2.24) is 19.6 Å². The predicted molar refractivity (Wildman–Crippen MR) is 131 cm³/mol. The van der Waals surface area contributed by atoms with Crippen molar-refractivity contribution in [1.29, 1.82) is 0 Å². The molecule has 1 aromatic heterocycles. The highest BCUT2D eigenvalue weighted by atomic mass is 35.5. The number of hydrogen-bond donors (Lipinski definition) is 0. The summed E-state index contributed by atoms with van der Waals surface area (Å²) in [4.78, 5) is 31.5. The standard InChI is InChI=1S/C25H28ClN5O2/c1-28(13-12-20-8-4-2-5-9-20)19-23(32)30-16-14-29(15-17-30)22-18-27-31(25(33)24(22)26)21-10-6-3-7-11-21/h2-11,18H,12-17,19H2,1H3. The van der Waals surface area contributed by atoms with E-state index in [0.29, 0.717) is 44.1 Å². The summed E-state index contributed by atoms with van der Waals surface area (Å²) in [6, 6.07) is 19.5. The van der Waals surface area contributed by atoms with Gasteiger partial charge in [-0.25, -0.2) is 0 Å². The minimum Gasteiger partial charge on any atom is -0.365 e. The van der Waals surface area contributed by atoms with Crippen molar-refractivity contribution in [2.75, 3.05) is 51.2 Å². The van der Waals surface area contributed by atoms with Crippen LogP contribution in [0.3, 0.4) is 0 Å². The van der Waals surface area contributed by atoms with E-state index in [1.807, 2.05) is 65.4 Å². The number of amides is 1. The second-order valence-electron chi connectivity index (χ2n) is 8.24. The zero-order chi connectivity index (χ0) is 23.2. The molecular formula is C25H28ClN5O2. The van der Waals surface area contributed by atoms with E-state index in [1.165, 1.54) is 10.2 Å². The molecule has 1 fully saturated rings. The van der Waals surface area contributed by atoms with Crippen LogP contribution in [0.5, 0.6) is 0 Å². The van der Waals surface area contributed by atoms with E-state index in [2.05, 4.69) is 22.1 Å². The maximum atomic E-state index is 12.8. The first-order chi connectivity index (χ1) is 16.0. The lowest BCUT2D eigenvalue weighted by molar-refractivity contribution is -0.132. The van der Waals surface area contributed by atoms with Crippen LogP contribution in [0.15, 0.2) is 71.7 Å². The van der Waals surface area contributed by atoms with Gasteiger partial charge in [0.1, 0.15) is 5.02 Å². The van der Waals surface area contributed by atoms with Crippen molar-refractivity contribution in [3.8, 4) is 5.69 Å². The van der Waals surface area contributed by atoms with Gasteiger partial charge in [0, 0.05) is 32.7 Å². The third kappa shape index (κ3) is 5.61. The Balaban J connectivity index is 1.31. The second-order valence-corrected chi connectivity index (χ2v) is 8.62. The van der Waals surface area contributed by atoms with Gasteiger partial charge in [0.25, 0.3) is 5.56 Å². The molecule has 0 radical (unpaired) electrons. The zero-order valence-electron chi connectivity index (χ0n) is 18.7. The molecule has 0 unspecified atom stereocenters. The van der Waals surface area contributed by atoms with E-state index in [1.54, 1.807) is 6.20 Å².